The SMILES string of the molecule is N#CCC(c1cccc(C(=O)Nc2ccc(Cl)cc2)c1)n1cc(C2=C3C=CN=C3CC=N2)cn1.O=C(O)C(F)(F)F. The van der Waals surface area contributed by atoms with Crippen LogP contribution in [0.4, 0.5) is 18.9 Å². The predicted molar refractivity (Wildman–Crippen MR) is 147 cm³/mol. The first-order chi connectivity index (χ1) is 19.6. The lowest BCUT2D eigenvalue weighted by atomic mass is 10.0. The molecule has 13 heteroatoms. The molecule has 1 amide bonds. The molecule has 0 fully saturated rings. The molecule has 0 spiro atoms. The number of aliphatic imine (C=N–C) groups is 2. The van der Waals surface area contributed by atoms with Crippen LogP contribution in [0, 0.1) is 11.3 Å². The van der Waals surface area contributed by atoms with Crippen LogP contribution in [-0.2, 0) is 4.79 Å². The fourth-order valence-electron chi connectivity index (χ4n) is 3.97. The lowest BCUT2D eigenvalue weighted by Crippen LogP contribution is -2.21. The highest BCUT2D eigenvalue weighted by molar-refractivity contribution is 6.30. The van der Waals surface area contributed by atoms with Crippen molar-refractivity contribution in [1.29, 1.82) is 5.26 Å². The number of benzene rings is 2. The molecule has 208 valence electrons. The van der Waals surface area contributed by atoms with Gasteiger partial charge in [0.15, 0.2) is 0 Å². The maximum absolute atomic E-state index is 12.8. The van der Waals surface area contributed by atoms with E-state index in [1.165, 1.54) is 0 Å². The summed E-state index contributed by atoms with van der Waals surface area (Å²) in [5.74, 6) is -3.00. The Hall–Kier alpha value is -5.02. The van der Waals surface area contributed by atoms with Gasteiger partial charge in [-0.25, -0.2) is 4.79 Å². The first kappa shape index (κ1) is 29.0. The Balaban J connectivity index is 0.000000493. The largest absolute Gasteiger partial charge is 0.490 e. The van der Waals surface area contributed by atoms with Crippen LogP contribution in [-0.4, -0.2) is 44.9 Å². The number of rotatable bonds is 6. The first-order valence-electron chi connectivity index (χ1n) is 12.0. The number of fused-ring (bicyclic) bond motifs is 1. The lowest BCUT2D eigenvalue weighted by molar-refractivity contribution is -0.192. The molecule has 9 nitrogen and oxygen atoms in total. The zero-order valence-corrected chi connectivity index (χ0v) is 21.8. The number of carbonyl (C=O) groups is 2. The molecule has 2 N–H and O–H groups in total. The van der Waals surface area contributed by atoms with Crippen LogP contribution in [0.25, 0.3) is 5.70 Å². The summed E-state index contributed by atoms with van der Waals surface area (Å²) in [7, 11) is 0. The zero-order chi connectivity index (χ0) is 29.6. The second kappa shape index (κ2) is 12.4. The molecule has 2 aliphatic heterocycles. The number of hydrogen-bond acceptors (Lipinski definition) is 6. The molecule has 0 saturated heterocycles. The molecule has 2 aliphatic rings. The summed E-state index contributed by atoms with van der Waals surface area (Å²) in [6, 6.07) is 16.0. The normalized spacial score (nSPS) is 14.4. The molecule has 0 saturated carbocycles. The summed E-state index contributed by atoms with van der Waals surface area (Å²) < 4.78 is 33.5. The van der Waals surface area contributed by atoms with Gasteiger partial charge in [0, 0.05) is 52.4 Å². The van der Waals surface area contributed by atoms with Crippen LogP contribution in [0.3, 0.4) is 0 Å². The number of nitrogens with zero attached hydrogens (tertiary/aromatic N) is 5. The van der Waals surface area contributed by atoms with Crippen molar-refractivity contribution < 1.29 is 27.9 Å². The number of allylic oxidation sites excluding steroid dienone is 2. The zero-order valence-electron chi connectivity index (χ0n) is 21.0. The van der Waals surface area contributed by atoms with E-state index >= 15 is 0 Å². The Morgan fingerprint density at radius 2 is 1.93 bits per heavy atom. The minimum absolute atomic E-state index is 0.200. The third kappa shape index (κ3) is 7.14. The molecule has 1 atom stereocenters. The van der Waals surface area contributed by atoms with Gasteiger partial charge in [0.1, 0.15) is 0 Å². The highest BCUT2D eigenvalue weighted by Crippen LogP contribution is 2.30. The molecular weight excluding hydrogens is 561 g/mol. The van der Waals surface area contributed by atoms with Crippen LogP contribution >= 0.6 is 11.6 Å². The van der Waals surface area contributed by atoms with E-state index in [4.69, 9.17) is 21.5 Å². The number of aromatic nitrogens is 2. The number of nitriles is 1. The van der Waals surface area contributed by atoms with Gasteiger partial charge >= 0.3 is 12.1 Å². The fraction of sp³-hybridized carbons (Fsp3) is 0.143. The van der Waals surface area contributed by atoms with Crippen molar-refractivity contribution >= 4 is 46.8 Å². The van der Waals surface area contributed by atoms with E-state index in [0.717, 1.165) is 28.1 Å². The van der Waals surface area contributed by atoms with Gasteiger partial charge in [-0.15, -0.1) is 0 Å². The number of carbonyl (C=O) groups excluding carboxylic acids is 1. The van der Waals surface area contributed by atoms with Crippen molar-refractivity contribution in [2.24, 2.45) is 9.98 Å². The van der Waals surface area contributed by atoms with E-state index in [0.29, 0.717) is 22.7 Å². The average Bonchev–Trinajstić information content (AvgIpc) is 3.63. The van der Waals surface area contributed by atoms with E-state index in [9.17, 15) is 23.2 Å². The number of alkyl halides is 3. The standard InChI is InChI=1S/C26H19ClN6O.C2HF3O2/c27-20-4-6-21(7-5-20)32-26(34)18-3-1-2-17(14-18)24(8-11-28)33-16-19(15-31-33)25-22-9-12-29-23(22)10-13-30-25;3-2(4,5)1(6)7/h1-7,9,12-16,24H,8,10H2,(H,32,34);(H,6,7). The van der Waals surface area contributed by atoms with Crippen LogP contribution < -0.4 is 5.32 Å². The Bertz CT molecular complexity index is 1630. The van der Waals surface area contributed by atoms with Gasteiger partial charge in [0.2, 0.25) is 0 Å². The Labute approximate surface area is 236 Å². The monoisotopic (exact) mass is 580 g/mol. The molecular formula is C28H20ClF3N6O3. The van der Waals surface area contributed by atoms with Crippen molar-refractivity contribution in [2.45, 2.75) is 25.1 Å². The second-order valence-corrected chi connectivity index (χ2v) is 9.08. The van der Waals surface area contributed by atoms with E-state index in [1.54, 1.807) is 53.5 Å². The molecule has 2 aromatic carbocycles. The summed E-state index contributed by atoms with van der Waals surface area (Å²) in [5, 5.41) is 24.6. The van der Waals surface area contributed by atoms with Crippen LogP contribution in [0.1, 0.15) is 40.4 Å². The number of carboxylic acids is 1. The second-order valence-electron chi connectivity index (χ2n) is 8.65. The van der Waals surface area contributed by atoms with E-state index in [2.05, 4.69) is 26.5 Å². The number of halogens is 4. The number of nitrogens with one attached hydrogen (secondary N) is 1. The van der Waals surface area contributed by atoms with Crippen LogP contribution in [0.15, 0.2) is 88.8 Å². The predicted octanol–water partition coefficient (Wildman–Crippen LogP) is 6.08. The Morgan fingerprint density at radius 1 is 1.20 bits per heavy atom. The third-order valence-electron chi connectivity index (χ3n) is 5.90. The van der Waals surface area contributed by atoms with Crippen molar-refractivity contribution in [3.63, 3.8) is 0 Å². The van der Waals surface area contributed by atoms with E-state index in [1.807, 2.05) is 30.6 Å². The maximum Gasteiger partial charge on any atom is 0.490 e. The van der Waals surface area contributed by atoms with Crippen molar-refractivity contribution in [3.05, 3.63) is 100 Å². The molecule has 0 bridgehead atoms. The summed E-state index contributed by atoms with van der Waals surface area (Å²) in [5.41, 5.74) is 5.61. The molecule has 1 unspecified atom stereocenters. The highest BCUT2D eigenvalue weighted by Gasteiger charge is 2.38. The average molecular weight is 581 g/mol. The maximum atomic E-state index is 12.8. The van der Waals surface area contributed by atoms with E-state index in [-0.39, 0.29) is 18.4 Å². The van der Waals surface area contributed by atoms with Crippen LogP contribution in [0.2, 0.25) is 5.02 Å². The van der Waals surface area contributed by atoms with Crippen LogP contribution in [0.5, 0.6) is 0 Å². The number of amides is 1. The minimum Gasteiger partial charge on any atom is -0.475 e. The molecule has 3 heterocycles. The van der Waals surface area contributed by atoms with Crippen molar-refractivity contribution in [2.75, 3.05) is 5.32 Å². The highest BCUT2D eigenvalue weighted by atomic mass is 35.5. The molecule has 0 aliphatic carbocycles. The summed E-state index contributed by atoms with van der Waals surface area (Å²) in [6.45, 7) is 0. The quantitative estimate of drug-likeness (QED) is 0.365. The van der Waals surface area contributed by atoms with Gasteiger partial charge in [-0.05, 0) is 48.0 Å². The van der Waals surface area contributed by atoms with Crippen molar-refractivity contribution in [3.8, 4) is 6.07 Å². The molecule has 41 heavy (non-hydrogen) atoms. The van der Waals surface area contributed by atoms with Gasteiger partial charge in [-0.2, -0.15) is 23.5 Å². The number of hydrogen-bond donors (Lipinski definition) is 2. The molecule has 1 aromatic heterocycles. The lowest BCUT2D eigenvalue weighted by Gasteiger charge is -2.16. The molecule has 0 radical (unpaired) electrons. The van der Waals surface area contributed by atoms with Gasteiger partial charge < -0.3 is 10.4 Å². The topological polar surface area (TPSA) is 133 Å². The molecule has 5 rings (SSSR count). The van der Waals surface area contributed by atoms with Gasteiger partial charge in [0.25, 0.3) is 5.91 Å². The van der Waals surface area contributed by atoms with Gasteiger partial charge in [-0.3, -0.25) is 19.5 Å². The fourth-order valence-corrected chi connectivity index (χ4v) is 4.10. The van der Waals surface area contributed by atoms with Crippen molar-refractivity contribution in [1.82, 2.24) is 9.78 Å². The smallest absolute Gasteiger partial charge is 0.475 e. The van der Waals surface area contributed by atoms with E-state index < -0.39 is 12.1 Å². The molecule has 3 aromatic rings. The minimum atomic E-state index is -5.08. The van der Waals surface area contributed by atoms with Gasteiger partial charge in [-0.1, -0.05) is 23.7 Å². The number of anilines is 1. The number of carboxylic acid groups (broad SMARTS) is 1. The Morgan fingerprint density at radius 3 is 2.61 bits per heavy atom. The Kier molecular flexibility index (Phi) is 8.79. The number of aliphatic carboxylic acids is 1. The first-order valence-corrected chi connectivity index (χ1v) is 12.3. The summed E-state index contributed by atoms with van der Waals surface area (Å²) in [4.78, 5) is 30.7. The third-order valence-corrected chi connectivity index (χ3v) is 6.15. The summed E-state index contributed by atoms with van der Waals surface area (Å²) >= 11 is 5.92. The van der Waals surface area contributed by atoms with Gasteiger partial charge in [0.05, 0.1) is 36.1 Å². The summed E-state index contributed by atoms with van der Waals surface area (Å²) in [6.07, 6.45) is 5.04.